The molecule has 1 saturated heterocycles. The molecule has 0 aliphatic carbocycles. The molecule has 6 heteroatoms. The zero-order valence-electron chi connectivity index (χ0n) is 15.4. The van der Waals surface area contributed by atoms with Crippen molar-refractivity contribution in [1.82, 2.24) is 10.2 Å². The van der Waals surface area contributed by atoms with Crippen LogP contribution in [0.15, 0.2) is 58.3 Å². The number of anilines is 2. The predicted molar refractivity (Wildman–Crippen MR) is 109 cm³/mol. The van der Waals surface area contributed by atoms with E-state index in [2.05, 4.69) is 63.6 Å². The monoisotopic (exact) mass is 383 g/mol. The van der Waals surface area contributed by atoms with Crippen LogP contribution in [0.25, 0.3) is 0 Å². The smallest absolute Gasteiger partial charge is 0.221 e. The van der Waals surface area contributed by atoms with Gasteiger partial charge in [0.05, 0.1) is 24.6 Å². The number of rotatable bonds is 6. The second-order valence-electron chi connectivity index (χ2n) is 6.74. The predicted octanol–water partition coefficient (Wildman–Crippen LogP) is 3.13. The maximum Gasteiger partial charge on any atom is 0.221 e. The minimum atomic E-state index is 0.108. The van der Waals surface area contributed by atoms with E-state index >= 15 is 0 Å². The van der Waals surface area contributed by atoms with Gasteiger partial charge in [-0.15, -0.1) is 0 Å². The second-order valence-corrected chi connectivity index (χ2v) is 7.83. The van der Waals surface area contributed by atoms with Crippen molar-refractivity contribution in [2.45, 2.75) is 16.2 Å². The van der Waals surface area contributed by atoms with E-state index in [9.17, 15) is 4.79 Å². The summed E-state index contributed by atoms with van der Waals surface area (Å²) in [5.74, 6) is 0.108. The average molecular weight is 384 g/mol. The Labute approximate surface area is 164 Å². The summed E-state index contributed by atoms with van der Waals surface area (Å²) in [6.45, 7) is 5.75. The van der Waals surface area contributed by atoms with E-state index in [4.69, 9.17) is 4.74 Å². The molecular formula is C21H25N3O2S. The summed E-state index contributed by atoms with van der Waals surface area (Å²) in [5, 5.41) is 3.06. The molecule has 0 unspecified atom stereocenters. The molecule has 0 spiro atoms. The van der Waals surface area contributed by atoms with Crippen molar-refractivity contribution in [3.8, 4) is 0 Å². The molecule has 0 aromatic heterocycles. The zero-order valence-corrected chi connectivity index (χ0v) is 16.2. The van der Waals surface area contributed by atoms with Crippen LogP contribution in [0.3, 0.4) is 0 Å². The van der Waals surface area contributed by atoms with Crippen molar-refractivity contribution in [1.29, 1.82) is 0 Å². The lowest BCUT2D eigenvalue weighted by molar-refractivity contribution is -0.120. The third-order valence-electron chi connectivity index (χ3n) is 4.95. The van der Waals surface area contributed by atoms with Gasteiger partial charge in [0.15, 0.2) is 0 Å². The number of benzene rings is 2. The van der Waals surface area contributed by atoms with E-state index in [0.29, 0.717) is 19.5 Å². The molecule has 2 aromatic carbocycles. The summed E-state index contributed by atoms with van der Waals surface area (Å²) in [6, 6.07) is 16.8. The van der Waals surface area contributed by atoms with Gasteiger partial charge in [-0.3, -0.25) is 9.69 Å². The van der Waals surface area contributed by atoms with Gasteiger partial charge in [0.1, 0.15) is 0 Å². The number of carbonyl (C=O) groups excluding carboxylic acids is 1. The lowest BCUT2D eigenvalue weighted by Gasteiger charge is -2.32. The van der Waals surface area contributed by atoms with Crippen molar-refractivity contribution in [3.63, 3.8) is 0 Å². The quantitative estimate of drug-likeness (QED) is 0.830. The Morgan fingerprint density at radius 1 is 0.963 bits per heavy atom. The standard InChI is InChI=1S/C21H25N3O2S/c25-21(22-10-12-23-13-15-26-16-14-23)9-11-24-17-5-1-3-7-19(17)27-20-8-4-2-6-18(20)24/h1-8H,9-16H2,(H,22,25). The first-order valence-corrected chi connectivity index (χ1v) is 10.3. The summed E-state index contributed by atoms with van der Waals surface area (Å²) in [4.78, 5) is 19.4. The lowest BCUT2D eigenvalue weighted by atomic mass is 10.2. The van der Waals surface area contributed by atoms with Gasteiger partial charge in [-0.25, -0.2) is 0 Å². The first-order chi connectivity index (χ1) is 13.3. The summed E-state index contributed by atoms with van der Waals surface area (Å²) in [6.07, 6.45) is 0.483. The molecule has 142 valence electrons. The number of carbonyl (C=O) groups is 1. The van der Waals surface area contributed by atoms with Gasteiger partial charge in [0.25, 0.3) is 0 Å². The molecule has 2 heterocycles. The number of morpholine rings is 1. The Hall–Kier alpha value is -2.02. The van der Waals surface area contributed by atoms with E-state index in [1.165, 1.54) is 21.2 Å². The third kappa shape index (κ3) is 4.46. The number of fused-ring (bicyclic) bond motifs is 2. The van der Waals surface area contributed by atoms with E-state index < -0.39 is 0 Å². The first-order valence-electron chi connectivity index (χ1n) is 9.51. The zero-order chi connectivity index (χ0) is 18.5. The van der Waals surface area contributed by atoms with Crippen molar-refractivity contribution < 1.29 is 9.53 Å². The molecule has 0 radical (unpaired) electrons. The van der Waals surface area contributed by atoms with Crippen LogP contribution in [-0.2, 0) is 9.53 Å². The van der Waals surface area contributed by atoms with Crippen LogP contribution in [0.1, 0.15) is 6.42 Å². The highest BCUT2D eigenvalue weighted by atomic mass is 32.2. The van der Waals surface area contributed by atoms with Gasteiger partial charge in [-0.1, -0.05) is 36.0 Å². The number of nitrogens with one attached hydrogen (secondary N) is 1. The Bertz CT molecular complexity index is 747. The Kier molecular flexibility index (Phi) is 5.97. The van der Waals surface area contributed by atoms with Gasteiger partial charge < -0.3 is 15.0 Å². The summed E-state index contributed by atoms with van der Waals surface area (Å²) < 4.78 is 5.35. The fourth-order valence-corrected chi connectivity index (χ4v) is 4.60. The van der Waals surface area contributed by atoms with E-state index in [1.54, 1.807) is 11.8 Å². The van der Waals surface area contributed by atoms with E-state index in [-0.39, 0.29) is 5.91 Å². The maximum atomic E-state index is 12.4. The number of amides is 1. The van der Waals surface area contributed by atoms with Gasteiger partial charge in [-0.05, 0) is 24.3 Å². The molecule has 2 aliphatic heterocycles. The van der Waals surface area contributed by atoms with Crippen LogP contribution < -0.4 is 10.2 Å². The minimum absolute atomic E-state index is 0.108. The summed E-state index contributed by atoms with van der Waals surface area (Å²) >= 11 is 1.79. The molecule has 5 nitrogen and oxygen atoms in total. The van der Waals surface area contributed by atoms with Crippen LogP contribution in [0.4, 0.5) is 11.4 Å². The van der Waals surface area contributed by atoms with Crippen molar-refractivity contribution in [2.75, 3.05) is 50.8 Å². The Balaban J connectivity index is 1.34. The van der Waals surface area contributed by atoms with Crippen LogP contribution in [0.5, 0.6) is 0 Å². The number of ether oxygens (including phenoxy) is 1. The maximum absolute atomic E-state index is 12.4. The second kappa shape index (κ2) is 8.78. The normalized spacial score (nSPS) is 16.5. The highest BCUT2D eigenvalue weighted by molar-refractivity contribution is 7.99. The van der Waals surface area contributed by atoms with Crippen LogP contribution in [0.2, 0.25) is 0 Å². The number of para-hydroxylation sites is 2. The molecule has 0 atom stereocenters. The number of hydrogen-bond acceptors (Lipinski definition) is 5. The molecule has 1 fully saturated rings. The van der Waals surface area contributed by atoms with E-state index in [0.717, 1.165) is 32.8 Å². The molecule has 1 N–H and O–H groups in total. The minimum Gasteiger partial charge on any atom is -0.379 e. The Morgan fingerprint density at radius 2 is 1.59 bits per heavy atom. The van der Waals surface area contributed by atoms with Gasteiger partial charge >= 0.3 is 0 Å². The van der Waals surface area contributed by atoms with Crippen LogP contribution in [-0.4, -0.2) is 56.7 Å². The molecular weight excluding hydrogens is 358 g/mol. The Morgan fingerprint density at radius 3 is 2.26 bits per heavy atom. The molecule has 4 rings (SSSR count). The SMILES string of the molecule is O=C(CCN1c2ccccc2Sc2ccccc21)NCCN1CCOCC1. The van der Waals surface area contributed by atoms with Crippen LogP contribution >= 0.6 is 11.8 Å². The average Bonchev–Trinajstić information content (AvgIpc) is 2.72. The molecule has 1 amide bonds. The fraction of sp³-hybridized carbons (Fsp3) is 0.381. The molecule has 2 aliphatic rings. The van der Waals surface area contributed by atoms with Crippen molar-refractivity contribution >= 4 is 29.0 Å². The molecule has 2 aromatic rings. The summed E-state index contributed by atoms with van der Waals surface area (Å²) in [7, 11) is 0. The molecule has 0 saturated carbocycles. The number of hydrogen-bond donors (Lipinski definition) is 1. The topological polar surface area (TPSA) is 44.8 Å². The molecule has 0 bridgehead atoms. The largest absolute Gasteiger partial charge is 0.379 e. The highest BCUT2D eigenvalue weighted by Crippen LogP contribution is 2.47. The highest BCUT2D eigenvalue weighted by Gasteiger charge is 2.23. The van der Waals surface area contributed by atoms with Gasteiger partial charge in [-0.2, -0.15) is 0 Å². The van der Waals surface area contributed by atoms with Crippen LogP contribution in [0, 0.1) is 0 Å². The fourth-order valence-electron chi connectivity index (χ4n) is 3.50. The van der Waals surface area contributed by atoms with Gasteiger partial charge in [0, 0.05) is 48.9 Å². The van der Waals surface area contributed by atoms with Crippen molar-refractivity contribution in [3.05, 3.63) is 48.5 Å². The van der Waals surface area contributed by atoms with E-state index in [1.807, 2.05) is 0 Å². The third-order valence-corrected chi connectivity index (χ3v) is 6.08. The van der Waals surface area contributed by atoms with Gasteiger partial charge in [0.2, 0.25) is 5.91 Å². The lowest BCUT2D eigenvalue weighted by Crippen LogP contribution is -2.41. The first kappa shape index (κ1) is 18.3. The van der Waals surface area contributed by atoms with Crippen molar-refractivity contribution in [2.24, 2.45) is 0 Å². The summed E-state index contributed by atoms with van der Waals surface area (Å²) in [5.41, 5.74) is 2.37. The molecule has 27 heavy (non-hydrogen) atoms. The number of nitrogens with zero attached hydrogens (tertiary/aromatic N) is 2.